The van der Waals surface area contributed by atoms with E-state index in [1.807, 2.05) is 13.0 Å². The van der Waals surface area contributed by atoms with Crippen molar-refractivity contribution in [3.8, 4) is 0 Å². The van der Waals surface area contributed by atoms with Crippen LogP contribution in [0.4, 0.5) is 4.39 Å². The number of thiazole rings is 1. The molecule has 1 aliphatic carbocycles. The van der Waals surface area contributed by atoms with Crippen molar-refractivity contribution in [2.24, 2.45) is 0 Å². The molecule has 1 N–H and O–H groups in total. The van der Waals surface area contributed by atoms with E-state index < -0.39 is 0 Å². The highest BCUT2D eigenvalue weighted by atomic mass is 35.5. The summed E-state index contributed by atoms with van der Waals surface area (Å²) < 4.78 is 13.7. The number of benzene rings is 1. The third-order valence-corrected chi connectivity index (χ3v) is 5.07. The average Bonchev–Trinajstić information content (AvgIpc) is 3.00. The molecule has 0 saturated carbocycles. The van der Waals surface area contributed by atoms with Crippen molar-refractivity contribution in [3.05, 3.63) is 50.2 Å². The van der Waals surface area contributed by atoms with Crippen molar-refractivity contribution in [2.75, 3.05) is 6.54 Å². The predicted molar refractivity (Wildman–Crippen MR) is 81.1 cm³/mol. The Kier molecular flexibility index (Phi) is 4.06. The van der Waals surface area contributed by atoms with Gasteiger partial charge in [0, 0.05) is 4.88 Å². The second-order valence-corrected chi connectivity index (χ2v) is 6.46. The van der Waals surface area contributed by atoms with E-state index in [2.05, 4.69) is 5.32 Å². The van der Waals surface area contributed by atoms with Crippen molar-refractivity contribution in [1.29, 1.82) is 0 Å². The number of fused-ring (bicyclic) bond motifs is 1. The lowest BCUT2D eigenvalue weighted by atomic mass is 10.1. The first-order chi connectivity index (χ1) is 9.69. The van der Waals surface area contributed by atoms with Crippen molar-refractivity contribution in [1.82, 2.24) is 10.3 Å². The van der Waals surface area contributed by atoms with Gasteiger partial charge < -0.3 is 5.32 Å². The summed E-state index contributed by atoms with van der Waals surface area (Å²) in [5.74, 6) is -0.379. The molecule has 20 heavy (non-hydrogen) atoms. The van der Waals surface area contributed by atoms with Gasteiger partial charge in [0.05, 0.1) is 16.8 Å². The molecule has 1 heterocycles. The van der Waals surface area contributed by atoms with Gasteiger partial charge in [0.2, 0.25) is 0 Å². The fourth-order valence-corrected chi connectivity index (χ4v) is 3.95. The van der Waals surface area contributed by atoms with E-state index in [-0.39, 0.29) is 16.9 Å². The van der Waals surface area contributed by atoms with E-state index in [1.54, 1.807) is 17.4 Å². The Morgan fingerprint density at radius 3 is 3.00 bits per heavy atom. The van der Waals surface area contributed by atoms with Gasteiger partial charge in [0.25, 0.3) is 0 Å². The van der Waals surface area contributed by atoms with Crippen molar-refractivity contribution >= 4 is 22.9 Å². The van der Waals surface area contributed by atoms with Gasteiger partial charge in [-0.15, -0.1) is 11.3 Å². The van der Waals surface area contributed by atoms with Gasteiger partial charge in [-0.1, -0.05) is 24.6 Å². The largest absolute Gasteiger partial charge is 0.305 e. The lowest BCUT2D eigenvalue weighted by Gasteiger charge is -2.16. The Labute approximate surface area is 127 Å². The van der Waals surface area contributed by atoms with E-state index in [9.17, 15) is 4.39 Å². The highest BCUT2D eigenvalue weighted by Gasteiger charge is 2.23. The van der Waals surface area contributed by atoms with Gasteiger partial charge >= 0.3 is 0 Å². The van der Waals surface area contributed by atoms with Crippen LogP contribution in [0.2, 0.25) is 5.02 Å². The Morgan fingerprint density at radius 1 is 1.45 bits per heavy atom. The number of halogens is 2. The maximum absolute atomic E-state index is 13.7. The molecule has 0 spiro atoms. The van der Waals surface area contributed by atoms with Crippen LogP contribution < -0.4 is 5.32 Å². The zero-order valence-electron chi connectivity index (χ0n) is 11.2. The second-order valence-electron chi connectivity index (χ2n) is 4.94. The zero-order chi connectivity index (χ0) is 14.1. The number of hydrogen-bond acceptors (Lipinski definition) is 3. The minimum atomic E-state index is -0.379. The molecule has 1 unspecified atom stereocenters. The Bertz CT molecular complexity index is 605. The molecule has 1 aliphatic rings. The fraction of sp³-hybridized carbons (Fsp3) is 0.400. The SMILES string of the molecule is CCNC(c1ccc(Cl)c(F)c1)c1nc2c(s1)CCC2. The molecular weight excluding hydrogens is 295 g/mol. The summed E-state index contributed by atoms with van der Waals surface area (Å²) in [6, 6.07) is 4.92. The number of rotatable bonds is 4. The number of hydrogen-bond donors (Lipinski definition) is 1. The van der Waals surface area contributed by atoms with Crippen molar-refractivity contribution in [3.63, 3.8) is 0 Å². The highest BCUT2D eigenvalue weighted by Crippen LogP contribution is 2.33. The Balaban J connectivity index is 1.96. The molecule has 0 saturated heterocycles. The first-order valence-electron chi connectivity index (χ1n) is 6.86. The van der Waals surface area contributed by atoms with E-state index in [0.29, 0.717) is 0 Å². The molecule has 1 atom stereocenters. The molecule has 0 bridgehead atoms. The minimum absolute atomic E-state index is 0.0534. The first kappa shape index (κ1) is 14.0. The smallest absolute Gasteiger partial charge is 0.142 e. The van der Waals surface area contributed by atoms with E-state index in [1.165, 1.54) is 23.1 Å². The second kappa shape index (κ2) is 5.80. The van der Waals surface area contributed by atoms with Gasteiger partial charge in [0.1, 0.15) is 10.8 Å². The quantitative estimate of drug-likeness (QED) is 0.918. The normalized spacial score (nSPS) is 15.3. The van der Waals surface area contributed by atoms with Crippen LogP contribution in [0.1, 0.15) is 40.5 Å². The summed E-state index contributed by atoms with van der Waals surface area (Å²) >= 11 is 7.51. The first-order valence-corrected chi connectivity index (χ1v) is 8.05. The number of aryl methyl sites for hydroxylation is 2. The van der Waals surface area contributed by atoms with Crippen LogP contribution in [0.3, 0.4) is 0 Å². The topological polar surface area (TPSA) is 24.9 Å². The zero-order valence-corrected chi connectivity index (χ0v) is 12.8. The van der Waals surface area contributed by atoms with Crippen molar-refractivity contribution < 1.29 is 4.39 Å². The molecule has 3 rings (SSSR count). The molecule has 2 nitrogen and oxygen atoms in total. The standard InChI is InChI=1S/C15H16ClFN2S/c1-2-18-14(9-6-7-10(16)11(17)8-9)15-19-12-4-3-5-13(12)20-15/h6-8,14,18H,2-5H2,1H3. The number of nitrogens with one attached hydrogen (secondary N) is 1. The van der Waals surface area contributed by atoms with Crippen LogP contribution in [-0.4, -0.2) is 11.5 Å². The third-order valence-electron chi connectivity index (χ3n) is 3.54. The predicted octanol–water partition coefficient (Wildman–Crippen LogP) is 4.12. The number of nitrogens with zero attached hydrogens (tertiary/aromatic N) is 1. The summed E-state index contributed by atoms with van der Waals surface area (Å²) in [6.07, 6.45) is 3.40. The van der Waals surface area contributed by atoms with Gasteiger partial charge in [-0.2, -0.15) is 0 Å². The Morgan fingerprint density at radius 2 is 2.30 bits per heavy atom. The minimum Gasteiger partial charge on any atom is -0.305 e. The maximum atomic E-state index is 13.7. The summed E-state index contributed by atoms with van der Waals surface area (Å²) in [5.41, 5.74) is 2.10. The summed E-state index contributed by atoms with van der Waals surface area (Å²) in [7, 11) is 0. The van der Waals surface area contributed by atoms with E-state index >= 15 is 0 Å². The van der Waals surface area contributed by atoms with Gasteiger partial charge in [0.15, 0.2) is 0 Å². The molecule has 1 aromatic heterocycles. The molecular formula is C15H16ClFN2S. The molecule has 0 amide bonds. The summed E-state index contributed by atoms with van der Waals surface area (Å²) in [5, 5.41) is 4.57. The van der Waals surface area contributed by atoms with Gasteiger partial charge in [-0.25, -0.2) is 9.37 Å². The lowest BCUT2D eigenvalue weighted by molar-refractivity contribution is 0.601. The fourth-order valence-electron chi connectivity index (χ4n) is 2.58. The monoisotopic (exact) mass is 310 g/mol. The van der Waals surface area contributed by atoms with Gasteiger partial charge in [-0.3, -0.25) is 0 Å². The average molecular weight is 311 g/mol. The van der Waals surface area contributed by atoms with Crippen LogP contribution in [-0.2, 0) is 12.8 Å². The van der Waals surface area contributed by atoms with Crippen LogP contribution in [0.5, 0.6) is 0 Å². The van der Waals surface area contributed by atoms with E-state index in [4.69, 9.17) is 16.6 Å². The van der Waals surface area contributed by atoms with Crippen LogP contribution >= 0.6 is 22.9 Å². The summed E-state index contributed by atoms with van der Waals surface area (Å²) in [6.45, 7) is 2.85. The maximum Gasteiger partial charge on any atom is 0.142 e. The highest BCUT2D eigenvalue weighted by molar-refractivity contribution is 7.11. The lowest BCUT2D eigenvalue weighted by Crippen LogP contribution is -2.22. The molecule has 0 aliphatic heterocycles. The van der Waals surface area contributed by atoms with Crippen LogP contribution in [0.15, 0.2) is 18.2 Å². The Hall–Kier alpha value is -0.970. The number of aromatic nitrogens is 1. The third kappa shape index (κ3) is 2.60. The van der Waals surface area contributed by atoms with Crippen molar-refractivity contribution in [2.45, 2.75) is 32.2 Å². The van der Waals surface area contributed by atoms with Gasteiger partial charge in [-0.05, 0) is 43.5 Å². The molecule has 0 fully saturated rings. The molecule has 5 heteroatoms. The van der Waals surface area contributed by atoms with Crippen LogP contribution in [0, 0.1) is 5.82 Å². The molecule has 1 aromatic carbocycles. The van der Waals surface area contributed by atoms with E-state index in [0.717, 1.165) is 30.0 Å². The molecule has 2 aromatic rings. The summed E-state index contributed by atoms with van der Waals surface area (Å²) in [4.78, 5) is 6.13. The van der Waals surface area contributed by atoms with Crippen LogP contribution in [0.25, 0.3) is 0 Å². The molecule has 106 valence electrons. The molecule has 0 radical (unpaired) electrons.